The molecule has 0 saturated heterocycles. The van der Waals surface area contributed by atoms with Gasteiger partial charge in [0, 0.05) is 49.4 Å². The van der Waals surface area contributed by atoms with Gasteiger partial charge in [0.25, 0.3) is 0 Å². The Morgan fingerprint density at radius 2 is 0.961 bits per heavy atom. The Balaban J connectivity index is 1.15. The topological polar surface area (TPSA) is 48.8 Å². The highest BCUT2D eigenvalue weighted by molar-refractivity contribution is 6.13. The number of aromatic nitrogens is 4. The van der Waals surface area contributed by atoms with E-state index in [1.54, 1.807) is 0 Å². The third-order valence-electron chi connectivity index (χ3n) is 10.1. The molecule has 4 aromatic heterocycles. The SMILES string of the molecule is c1ccc(-n2c3ccccc3c3cc(-c4nc(-c5cccc(-n6c7ccccc7c7ccccc76)c5)c5c(n4)oc4ccccc45)ccc32)cc1. The second-order valence-corrected chi connectivity index (χ2v) is 13.0. The monoisotopic (exact) mass is 652 g/mol. The molecule has 5 nitrogen and oxygen atoms in total. The van der Waals surface area contributed by atoms with Crippen LogP contribution in [0.2, 0.25) is 0 Å². The van der Waals surface area contributed by atoms with Crippen LogP contribution in [0.25, 0.3) is 99.7 Å². The quantitative estimate of drug-likeness (QED) is 0.190. The summed E-state index contributed by atoms with van der Waals surface area (Å²) in [5.74, 6) is 0.622. The standard InChI is InChI=1S/C46H28N4O/c1-2-14-31(15-3-1)49-40-23-10-6-19-35(40)37-28-30(25-26-41(37)49)45-47-44(43-36-20-7-11-24-42(36)51-46(43)48-45)29-13-12-16-32(27-29)50-38-21-8-4-17-33(38)34-18-5-9-22-39(34)50/h1-28H. The van der Waals surface area contributed by atoms with E-state index in [4.69, 9.17) is 14.4 Å². The van der Waals surface area contributed by atoms with Gasteiger partial charge in [-0.1, -0.05) is 103 Å². The number of nitrogens with zero attached hydrogens (tertiary/aromatic N) is 4. The fourth-order valence-corrected chi connectivity index (χ4v) is 7.92. The van der Waals surface area contributed by atoms with Crippen LogP contribution in [0.5, 0.6) is 0 Å². The zero-order valence-electron chi connectivity index (χ0n) is 27.4. The Morgan fingerprint density at radius 1 is 0.392 bits per heavy atom. The van der Waals surface area contributed by atoms with E-state index in [0.717, 1.165) is 61.0 Å². The smallest absolute Gasteiger partial charge is 0.231 e. The van der Waals surface area contributed by atoms with Crippen LogP contribution in [0.1, 0.15) is 0 Å². The molecule has 0 atom stereocenters. The van der Waals surface area contributed by atoms with Crippen molar-refractivity contribution in [3.05, 3.63) is 170 Å². The lowest BCUT2D eigenvalue weighted by atomic mass is 10.0. The molecule has 0 amide bonds. The summed E-state index contributed by atoms with van der Waals surface area (Å²) in [7, 11) is 0. The third kappa shape index (κ3) is 4.15. The second-order valence-electron chi connectivity index (χ2n) is 13.0. The zero-order valence-corrected chi connectivity index (χ0v) is 27.4. The van der Waals surface area contributed by atoms with Crippen molar-refractivity contribution in [3.8, 4) is 34.0 Å². The predicted molar refractivity (Wildman–Crippen MR) is 209 cm³/mol. The van der Waals surface area contributed by atoms with E-state index in [1.807, 2.05) is 18.2 Å². The average Bonchev–Trinajstić information content (AvgIpc) is 3.85. The van der Waals surface area contributed by atoms with E-state index in [-0.39, 0.29) is 0 Å². The van der Waals surface area contributed by atoms with Gasteiger partial charge in [-0.05, 0) is 66.7 Å². The number of furan rings is 1. The van der Waals surface area contributed by atoms with Gasteiger partial charge in [-0.25, -0.2) is 4.98 Å². The molecule has 0 fully saturated rings. The number of hydrogen-bond donors (Lipinski definition) is 0. The van der Waals surface area contributed by atoms with Crippen LogP contribution >= 0.6 is 0 Å². The molecule has 4 heterocycles. The van der Waals surface area contributed by atoms with Gasteiger partial charge in [-0.2, -0.15) is 4.98 Å². The molecule has 0 bridgehead atoms. The summed E-state index contributed by atoms with van der Waals surface area (Å²) >= 11 is 0. The summed E-state index contributed by atoms with van der Waals surface area (Å²) in [4.78, 5) is 10.5. The Morgan fingerprint density at radius 3 is 1.69 bits per heavy atom. The lowest BCUT2D eigenvalue weighted by Gasteiger charge is -2.11. The minimum absolute atomic E-state index is 0.574. The Bertz CT molecular complexity index is 3090. The summed E-state index contributed by atoms with van der Waals surface area (Å²) in [6.07, 6.45) is 0. The molecule has 238 valence electrons. The van der Waals surface area contributed by atoms with Crippen LogP contribution in [0.15, 0.2) is 174 Å². The molecule has 5 heteroatoms. The van der Waals surface area contributed by atoms with Crippen molar-refractivity contribution in [1.29, 1.82) is 0 Å². The Hall–Kier alpha value is -6.98. The minimum Gasteiger partial charge on any atom is -0.438 e. The average molecular weight is 653 g/mol. The first-order chi connectivity index (χ1) is 25.3. The molecule has 11 aromatic rings. The Labute approximate surface area is 292 Å². The van der Waals surface area contributed by atoms with Gasteiger partial charge in [-0.3, -0.25) is 0 Å². The van der Waals surface area contributed by atoms with E-state index in [1.165, 1.54) is 27.2 Å². The number of fused-ring (bicyclic) bond motifs is 9. The maximum atomic E-state index is 6.45. The molecule has 0 radical (unpaired) electrons. The highest BCUT2D eigenvalue weighted by atomic mass is 16.3. The second kappa shape index (κ2) is 10.8. The van der Waals surface area contributed by atoms with Crippen molar-refractivity contribution in [1.82, 2.24) is 19.1 Å². The van der Waals surface area contributed by atoms with Gasteiger partial charge in [0.15, 0.2) is 5.82 Å². The van der Waals surface area contributed by atoms with Gasteiger partial charge in [0.2, 0.25) is 5.71 Å². The number of benzene rings is 7. The first-order valence-electron chi connectivity index (χ1n) is 17.2. The van der Waals surface area contributed by atoms with Crippen LogP contribution in [-0.2, 0) is 0 Å². The van der Waals surface area contributed by atoms with Crippen LogP contribution in [0, 0.1) is 0 Å². The van der Waals surface area contributed by atoms with Crippen molar-refractivity contribution in [2.45, 2.75) is 0 Å². The number of hydrogen-bond acceptors (Lipinski definition) is 3. The van der Waals surface area contributed by atoms with E-state index in [0.29, 0.717) is 11.5 Å². The van der Waals surface area contributed by atoms with Crippen LogP contribution in [-0.4, -0.2) is 19.1 Å². The molecule has 0 aliphatic rings. The molecule has 0 aliphatic heterocycles. The molecule has 0 spiro atoms. The molecule has 0 saturated carbocycles. The first-order valence-corrected chi connectivity index (χ1v) is 17.2. The van der Waals surface area contributed by atoms with Gasteiger partial charge < -0.3 is 13.6 Å². The van der Waals surface area contributed by atoms with Crippen molar-refractivity contribution in [3.63, 3.8) is 0 Å². The summed E-state index contributed by atoms with van der Waals surface area (Å²) in [5.41, 5.74) is 11.0. The van der Waals surface area contributed by atoms with E-state index >= 15 is 0 Å². The fourth-order valence-electron chi connectivity index (χ4n) is 7.92. The maximum Gasteiger partial charge on any atom is 0.231 e. The highest BCUT2D eigenvalue weighted by Crippen LogP contribution is 2.40. The van der Waals surface area contributed by atoms with Crippen LogP contribution in [0.3, 0.4) is 0 Å². The molecule has 11 rings (SSSR count). The maximum absolute atomic E-state index is 6.45. The molecule has 7 aromatic carbocycles. The predicted octanol–water partition coefficient (Wildman–Crippen LogP) is 11.9. The van der Waals surface area contributed by atoms with Crippen molar-refractivity contribution >= 4 is 65.7 Å². The lowest BCUT2D eigenvalue weighted by molar-refractivity contribution is 0.653. The first kappa shape index (κ1) is 27.9. The number of para-hydroxylation sites is 5. The summed E-state index contributed by atoms with van der Waals surface area (Å²) in [6, 6.07) is 59.6. The van der Waals surface area contributed by atoms with E-state index in [2.05, 4.69) is 161 Å². The van der Waals surface area contributed by atoms with Gasteiger partial charge in [0.1, 0.15) is 5.58 Å². The summed E-state index contributed by atoms with van der Waals surface area (Å²) < 4.78 is 11.1. The fraction of sp³-hybridized carbons (Fsp3) is 0. The van der Waals surface area contributed by atoms with Gasteiger partial charge >= 0.3 is 0 Å². The number of rotatable bonds is 4. The van der Waals surface area contributed by atoms with E-state index in [9.17, 15) is 0 Å². The Kier molecular flexibility index (Phi) is 5.89. The normalized spacial score (nSPS) is 11.9. The molecule has 0 unspecified atom stereocenters. The zero-order chi connectivity index (χ0) is 33.5. The minimum atomic E-state index is 0.574. The van der Waals surface area contributed by atoms with Crippen LogP contribution < -0.4 is 0 Å². The van der Waals surface area contributed by atoms with E-state index < -0.39 is 0 Å². The molecule has 0 N–H and O–H groups in total. The highest BCUT2D eigenvalue weighted by Gasteiger charge is 2.21. The van der Waals surface area contributed by atoms with Crippen LogP contribution in [0.4, 0.5) is 0 Å². The summed E-state index contributed by atoms with van der Waals surface area (Å²) in [5, 5.41) is 6.70. The largest absolute Gasteiger partial charge is 0.438 e. The summed E-state index contributed by atoms with van der Waals surface area (Å²) in [6.45, 7) is 0. The molecule has 51 heavy (non-hydrogen) atoms. The molecule has 0 aliphatic carbocycles. The third-order valence-corrected chi connectivity index (χ3v) is 10.1. The van der Waals surface area contributed by atoms with Crippen molar-refractivity contribution in [2.24, 2.45) is 0 Å². The van der Waals surface area contributed by atoms with Crippen molar-refractivity contribution in [2.75, 3.05) is 0 Å². The van der Waals surface area contributed by atoms with Gasteiger partial charge in [0.05, 0.1) is 33.1 Å². The molecular weight excluding hydrogens is 625 g/mol. The van der Waals surface area contributed by atoms with Crippen molar-refractivity contribution < 1.29 is 4.42 Å². The van der Waals surface area contributed by atoms with Gasteiger partial charge in [-0.15, -0.1) is 0 Å². The molecular formula is C46H28N4O. The lowest BCUT2D eigenvalue weighted by Crippen LogP contribution is -1.97.